The number of ether oxygens (including phenoxy) is 1. The molecule has 0 aromatic carbocycles. The van der Waals surface area contributed by atoms with E-state index in [9.17, 15) is 4.79 Å². The molecule has 2 unspecified atom stereocenters. The summed E-state index contributed by atoms with van der Waals surface area (Å²) >= 11 is 0. The first-order valence-corrected chi connectivity index (χ1v) is 5.07. The Morgan fingerprint density at radius 3 is 2.85 bits per heavy atom. The lowest BCUT2D eigenvalue weighted by Crippen LogP contribution is -2.38. The van der Waals surface area contributed by atoms with E-state index in [1.807, 2.05) is 13.8 Å². The van der Waals surface area contributed by atoms with Crippen LogP contribution in [0.15, 0.2) is 0 Å². The molecule has 1 N–H and O–H groups in total. The third-order valence-electron chi connectivity index (χ3n) is 2.38. The molecule has 0 radical (unpaired) electrons. The Balaban J connectivity index is 2.45. The number of amides is 1. The molecule has 2 atom stereocenters. The number of hydrogen-bond donors (Lipinski definition) is 1. The highest BCUT2D eigenvalue weighted by atomic mass is 16.5. The van der Waals surface area contributed by atoms with E-state index in [2.05, 4.69) is 12.2 Å². The Labute approximate surface area is 79.8 Å². The zero-order chi connectivity index (χ0) is 9.84. The monoisotopic (exact) mass is 185 g/mol. The van der Waals surface area contributed by atoms with Crippen LogP contribution < -0.4 is 5.32 Å². The second kappa shape index (κ2) is 4.61. The van der Waals surface area contributed by atoms with Gasteiger partial charge in [-0.05, 0) is 26.7 Å². The van der Waals surface area contributed by atoms with Gasteiger partial charge in [0.2, 0.25) is 5.91 Å². The summed E-state index contributed by atoms with van der Waals surface area (Å²) in [5, 5.41) is 2.93. The molecule has 0 bridgehead atoms. The first-order valence-electron chi connectivity index (χ1n) is 5.07. The molecule has 1 saturated heterocycles. The van der Waals surface area contributed by atoms with Crippen molar-refractivity contribution in [1.82, 2.24) is 5.32 Å². The third kappa shape index (κ3) is 2.69. The smallest absolute Gasteiger partial charge is 0.226 e. The standard InChI is InChI=1S/C10H19NO2/c1-4-9-8(5-6-13-9)10(12)11-7(2)3/h7-9H,4-6H2,1-3H3,(H,11,12). The maximum atomic E-state index is 11.6. The fourth-order valence-corrected chi connectivity index (χ4v) is 1.74. The number of hydrogen-bond acceptors (Lipinski definition) is 2. The first kappa shape index (κ1) is 10.5. The van der Waals surface area contributed by atoms with E-state index < -0.39 is 0 Å². The minimum absolute atomic E-state index is 0.0763. The summed E-state index contributed by atoms with van der Waals surface area (Å²) in [6.07, 6.45) is 1.94. The van der Waals surface area contributed by atoms with E-state index >= 15 is 0 Å². The van der Waals surface area contributed by atoms with E-state index in [1.54, 1.807) is 0 Å². The minimum atomic E-state index is 0.0763. The van der Waals surface area contributed by atoms with Gasteiger partial charge in [0.25, 0.3) is 0 Å². The molecule has 0 aromatic rings. The predicted octanol–water partition coefficient (Wildman–Crippen LogP) is 1.33. The predicted molar refractivity (Wildman–Crippen MR) is 51.4 cm³/mol. The molecule has 1 rings (SSSR count). The van der Waals surface area contributed by atoms with Crippen molar-refractivity contribution in [2.24, 2.45) is 5.92 Å². The van der Waals surface area contributed by atoms with Crippen LogP contribution >= 0.6 is 0 Å². The number of rotatable bonds is 3. The normalized spacial score (nSPS) is 28.0. The molecule has 13 heavy (non-hydrogen) atoms. The van der Waals surface area contributed by atoms with Crippen LogP contribution in [0.1, 0.15) is 33.6 Å². The Kier molecular flexibility index (Phi) is 3.72. The van der Waals surface area contributed by atoms with Gasteiger partial charge in [-0.25, -0.2) is 0 Å². The molecule has 0 aliphatic carbocycles. The molecule has 1 amide bonds. The average Bonchev–Trinajstić information content (AvgIpc) is 2.49. The largest absolute Gasteiger partial charge is 0.377 e. The Bertz CT molecular complexity index is 180. The molecule has 0 saturated carbocycles. The molecule has 1 aliphatic rings. The van der Waals surface area contributed by atoms with Crippen LogP contribution in [0.25, 0.3) is 0 Å². The van der Waals surface area contributed by atoms with Crippen LogP contribution in [0.5, 0.6) is 0 Å². The van der Waals surface area contributed by atoms with Crippen molar-refractivity contribution in [3.05, 3.63) is 0 Å². The van der Waals surface area contributed by atoms with E-state index in [-0.39, 0.29) is 24.0 Å². The van der Waals surface area contributed by atoms with Crippen LogP contribution in [0.2, 0.25) is 0 Å². The van der Waals surface area contributed by atoms with Crippen LogP contribution in [0.3, 0.4) is 0 Å². The molecule has 1 fully saturated rings. The quantitative estimate of drug-likeness (QED) is 0.720. The number of carbonyl (C=O) groups excluding carboxylic acids is 1. The lowest BCUT2D eigenvalue weighted by atomic mass is 9.98. The van der Waals surface area contributed by atoms with Gasteiger partial charge >= 0.3 is 0 Å². The summed E-state index contributed by atoms with van der Waals surface area (Å²) < 4.78 is 5.46. The Morgan fingerprint density at radius 1 is 1.62 bits per heavy atom. The zero-order valence-corrected chi connectivity index (χ0v) is 8.67. The Hall–Kier alpha value is -0.570. The van der Waals surface area contributed by atoms with Crippen LogP contribution in [0, 0.1) is 5.92 Å². The zero-order valence-electron chi connectivity index (χ0n) is 8.67. The van der Waals surface area contributed by atoms with Gasteiger partial charge in [-0.1, -0.05) is 6.92 Å². The van der Waals surface area contributed by atoms with Crippen LogP contribution in [-0.2, 0) is 9.53 Å². The van der Waals surface area contributed by atoms with Crippen molar-refractivity contribution in [1.29, 1.82) is 0 Å². The maximum Gasteiger partial charge on any atom is 0.226 e. The van der Waals surface area contributed by atoms with E-state index in [0.717, 1.165) is 19.4 Å². The van der Waals surface area contributed by atoms with Gasteiger partial charge in [-0.3, -0.25) is 4.79 Å². The molecular weight excluding hydrogens is 166 g/mol. The average molecular weight is 185 g/mol. The van der Waals surface area contributed by atoms with Gasteiger partial charge in [0.05, 0.1) is 12.0 Å². The summed E-state index contributed by atoms with van der Waals surface area (Å²) in [7, 11) is 0. The molecule has 1 aliphatic heterocycles. The van der Waals surface area contributed by atoms with Gasteiger partial charge in [0.15, 0.2) is 0 Å². The molecule has 0 aromatic heterocycles. The topological polar surface area (TPSA) is 38.3 Å². The number of carbonyl (C=O) groups is 1. The minimum Gasteiger partial charge on any atom is -0.377 e. The van der Waals surface area contributed by atoms with Crippen molar-refractivity contribution in [3.8, 4) is 0 Å². The van der Waals surface area contributed by atoms with E-state index in [1.165, 1.54) is 0 Å². The van der Waals surface area contributed by atoms with Gasteiger partial charge < -0.3 is 10.1 Å². The highest BCUT2D eigenvalue weighted by Gasteiger charge is 2.32. The van der Waals surface area contributed by atoms with Gasteiger partial charge in [0, 0.05) is 12.6 Å². The van der Waals surface area contributed by atoms with E-state index in [0.29, 0.717) is 0 Å². The number of nitrogens with one attached hydrogen (secondary N) is 1. The summed E-state index contributed by atoms with van der Waals surface area (Å²) in [5.74, 6) is 0.228. The highest BCUT2D eigenvalue weighted by Crippen LogP contribution is 2.23. The van der Waals surface area contributed by atoms with Gasteiger partial charge in [-0.2, -0.15) is 0 Å². The fourth-order valence-electron chi connectivity index (χ4n) is 1.74. The van der Waals surface area contributed by atoms with Crippen molar-refractivity contribution < 1.29 is 9.53 Å². The van der Waals surface area contributed by atoms with Crippen LogP contribution in [0.4, 0.5) is 0 Å². The lowest BCUT2D eigenvalue weighted by molar-refractivity contribution is -0.127. The SMILES string of the molecule is CCC1OCCC1C(=O)NC(C)C. The molecule has 1 heterocycles. The summed E-state index contributed by atoms with van der Waals surface area (Å²) in [5.41, 5.74) is 0. The molecular formula is C10H19NO2. The van der Waals surface area contributed by atoms with Crippen molar-refractivity contribution >= 4 is 5.91 Å². The second-order valence-corrected chi connectivity index (χ2v) is 3.88. The lowest BCUT2D eigenvalue weighted by Gasteiger charge is -2.17. The van der Waals surface area contributed by atoms with Gasteiger partial charge in [-0.15, -0.1) is 0 Å². The van der Waals surface area contributed by atoms with Crippen molar-refractivity contribution in [2.75, 3.05) is 6.61 Å². The fraction of sp³-hybridized carbons (Fsp3) is 0.900. The Morgan fingerprint density at radius 2 is 2.31 bits per heavy atom. The van der Waals surface area contributed by atoms with Crippen molar-refractivity contribution in [3.63, 3.8) is 0 Å². The molecule has 3 heteroatoms. The maximum absolute atomic E-state index is 11.6. The van der Waals surface area contributed by atoms with E-state index in [4.69, 9.17) is 4.74 Å². The third-order valence-corrected chi connectivity index (χ3v) is 2.38. The molecule has 3 nitrogen and oxygen atoms in total. The highest BCUT2D eigenvalue weighted by molar-refractivity contribution is 5.79. The van der Waals surface area contributed by atoms with Crippen molar-refractivity contribution in [2.45, 2.75) is 45.8 Å². The summed E-state index contributed by atoms with van der Waals surface area (Å²) in [4.78, 5) is 11.6. The van der Waals surface area contributed by atoms with Gasteiger partial charge in [0.1, 0.15) is 0 Å². The first-order chi connectivity index (χ1) is 6.15. The molecule has 0 spiro atoms. The molecule has 76 valence electrons. The second-order valence-electron chi connectivity index (χ2n) is 3.88. The summed E-state index contributed by atoms with van der Waals surface area (Å²) in [6, 6.07) is 0.227. The summed E-state index contributed by atoms with van der Waals surface area (Å²) in [6.45, 7) is 6.75. The van der Waals surface area contributed by atoms with Crippen LogP contribution in [-0.4, -0.2) is 24.7 Å².